The molecule has 0 saturated heterocycles. The smallest absolute Gasteiger partial charge is 0.340 e. The zero-order valence-electron chi connectivity index (χ0n) is 7.86. The Morgan fingerprint density at radius 3 is 2.31 bits per heavy atom. The van der Waals surface area contributed by atoms with Gasteiger partial charge in [-0.1, -0.05) is 32.0 Å². The van der Waals surface area contributed by atoms with Gasteiger partial charge in [-0.3, -0.25) is 0 Å². The predicted molar refractivity (Wildman–Crippen MR) is 50.3 cm³/mol. The molecule has 0 radical (unpaired) electrons. The van der Waals surface area contributed by atoms with Crippen molar-refractivity contribution in [2.75, 3.05) is 6.79 Å². The number of aliphatic hydroxyl groups excluding tert-OH is 1. The quantitative estimate of drug-likeness (QED) is 0.560. The highest BCUT2D eigenvalue weighted by molar-refractivity contribution is 5.89. The number of benzene rings is 1. The summed E-state index contributed by atoms with van der Waals surface area (Å²) in [7, 11) is 0. The average Bonchev–Trinajstić information content (AvgIpc) is 2.23. The average molecular weight is 182 g/mol. The van der Waals surface area contributed by atoms with Crippen molar-refractivity contribution >= 4 is 5.97 Å². The summed E-state index contributed by atoms with van der Waals surface area (Å²) in [6, 6.07) is 8.51. The van der Waals surface area contributed by atoms with E-state index in [1.807, 2.05) is 13.8 Å². The van der Waals surface area contributed by atoms with Crippen LogP contribution in [-0.4, -0.2) is 17.9 Å². The topological polar surface area (TPSA) is 46.5 Å². The lowest BCUT2D eigenvalue weighted by molar-refractivity contribution is 0.00684. The number of hydrogen-bond donors (Lipinski definition) is 1. The number of esters is 1. The third kappa shape index (κ3) is 4.28. The summed E-state index contributed by atoms with van der Waals surface area (Å²) >= 11 is 0. The molecular formula is C10H14O3. The fourth-order valence-electron chi connectivity index (χ4n) is 0.716. The Hall–Kier alpha value is -1.35. The number of hydrogen-bond acceptors (Lipinski definition) is 3. The summed E-state index contributed by atoms with van der Waals surface area (Å²) in [6.07, 6.45) is 0. The zero-order chi connectivity index (χ0) is 10.1. The first-order valence-corrected chi connectivity index (χ1v) is 4.17. The molecule has 1 rings (SSSR count). The molecule has 0 saturated carbocycles. The normalized spacial score (nSPS) is 8.23. The van der Waals surface area contributed by atoms with Gasteiger partial charge in [0.05, 0.1) is 5.56 Å². The van der Waals surface area contributed by atoms with Crippen LogP contribution in [0.1, 0.15) is 24.2 Å². The summed E-state index contributed by atoms with van der Waals surface area (Å²) < 4.78 is 4.34. The Labute approximate surface area is 78.0 Å². The van der Waals surface area contributed by atoms with E-state index >= 15 is 0 Å². The largest absolute Gasteiger partial charge is 0.435 e. The number of ether oxygens (including phenoxy) is 1. The van der Waals surface area contributed by atoms with E-state index in [4.69, 9.17) is 5.11 Å². The third-order valence-corrected chi connectivity index (χ3v) is 1.21. The molecule has 13 heavy (non-hydrogen) atoms. The van der Waals surface area contributed by atoms with Crippen LogP contribution in [0.2, 0.25) is 0 Å². The lowest BCUT2D eigenvalue weighted by Crippen LogP contribution is -2.04. The summed E-state index contributed by atoms with van der Waals surface area (Å²) in [6.45, 7) is 3.42. The standard InChI is InChI=1S/C8H8O3.C2H6/c9-6-11-8(10)7-4-2-1-3-5-7;1-2/h1-5,9H,6H2;1-2H3. The van der Waals surface area contributed by atoms with Crippen molar-refractivity contribution in [2.45, 2.75) is 13.8 Å². The molecular weight excluding hydrogens is 168 g/mol. The molecule has 1 aromatic carbocycles. The maximum absolute atomic E-state index is 10.9. The van der Waals surface area contributed by atoms with Crippen LogP contribution >= 0.6 is 0 Å². The van der Waals surface area contributed by atoms with E-state index in [1.165, 1.54) is 0 Å². The first-order valence-electron chi connectivity index (χ1n) is 4.17. The van der Waals surface area contributed by atoms with E-state index in [0.717, 1.165) is 0 Å². The van der Waals surface area contributed by atoms with Gasteiger partial charge in [0.15, 0.2) is 6.79 Å². The molecule has 0 aliphatic heterocycles. The molecule has 1 aromatic rings. The van der Waals surface area contributed by atoms with Crippen molar-refractivity contribution < 1.29 is 14.6 Å². The Bertz CT molecular complexity index is 231. The second kappa shape index (κ2) is 7.31. The van der Waals surface area contributed by atoms with E-state index in [-0.39, 0.29) is 0 Å². The second-order valence-corrected chi connectivity index (χ2v) is 1.93. The van der Waals surface area contributed by atoms with Crippen LogP contribution in [0.3, 0.4) is 0 Å². The van der Waals surface area contributed by atoms with Gasteiger partial charge in [-0.15, -0.1) is 0 Å². The summed E-state index contributed by atoms with van der Waals surface area (Å²) in [5.74, 6) is -0.506. The van der Waals surface area contributed by atoms with Gasteiger partial charge in [-0.25, -0.2) is 4.79 Å². The molecule has 3 heteroatoms. The zero-order valence-corrected chi connectivity index (χ0v) is 7.86. The summed E-state index contributed by atoms with van der Waals surface area (Å²) in [5, 5.41) is 8.25. The molecule has 72 valence electrons. The number of rotatable bonds is 2. The van der Waals surface area contributed by atoms with Crippen LogP contribution in [0, 0.1) is 0 Å². The predicted octanol–water partition coefficient (Wildman–Crippen LogP) is 1.82. The highest BCUT2D eigenvalue weighted by atomic mass is 16.6. The van der Waals surface area contributed by atoms with Crippen molar-refractivity contribution in [1.29, 1.82) is 0 Å². The summed E-state index contributed by atoms with van der Waals surface area (Å²) in [4.78, 5) is 10.9. The first-order chi connectivity index (χ1) is 6.34. The molecule has 0 spiro atoms. The molecule has 0 atom stereocenters. The molecule has 1 N–H and O–H groups in total. The van der Waals surface area contributed by atoms with E-state index in [2.05, 4.69) is 4.74 Å². The van der Waals surface area contributed by atoms with Crippen LogP contribution in [0.5, 0.6) is 0 Å². The Morgan fingerprint density at radius 1 is 1.31 bits per heavy atom. The van der Waals surface area contributed by atoms with Crippen molar-refractivity contribution in [1.82, 2.24) is 0 Å². The molecule has 0 aliphatic rings. The van der Waals surface area contributed by atoms with E-state index < -0.39 is 12.8 Å². The molecule has 0 unspecified atom stereocenters. The first kappa shape index (κ1) is 11.6. The van der Waals surface area contributed by atoms with E-state index in [1.54, 1.807) is 30.3 Å². The highest BCUT2D eigenvalue weighted by Crippen LogP contribution is 1.99. The molecule has 0 aliphatic carbocycles. The maximum Gasteiger partial charge on any atom is 0.340 e. The molecule has 3 nitrogen and oxygen atoms in total. The van der Waals surface area contributed by atoms with Gasteiger partial charge in [0, 0.05) is 0 Å². The molecule has 0 amide bonds. The Kier molecular flexibility index (Phi) is 6.55. The fourth-order valence-corrected chi connectivity index (χ4v) is 0.716. The number of carbonyl (C=O) groups is 1. The van der Waals surface area contributed by atoms with Gasteiger partial charge in [0.1, 0.15) is 0 Å². The lowest BCUT2D eigenvalue weighted by atomic mass is 10.2. The van der Waals surface area contributed by atoms with Gasteiger partial charge >= 0.3 is 5.97 Å². The van der Waals surface area contributed by atoms with Crippen LogP contribution in [0.15, 0.2) is 30.3 Å². The molecule has 0 heterocycles. The minimum absolute atomic E-state index is 0.446. The van der Waals surface area contributed by atoms with Gasteiger partial charge in [0.25, 0.3) is 0 Å². The lowest BCUT2D eigenvalue weighted by Gasteiger charge is -1.98. The number of carbonyl (C=O) groups excluding carboxylic acids is 1. The minimum Gasteiger partial charge on any atom is -0.435 e. The monoisotopic (exact) mass is 182 g/mol. The molecule has 0 bridgehead atoms. The molecule has 0 aromatic heterocycles. The number of aliphatic hydroxyl groups is 1. The van der Waals surface area contributed by atoms with E-state index in [9.17, 15) is 4.79 Å². The van der Waals surface area contributed by atoms with Crippen LogP contribution in [0.25, 0.3) is 0 Å². The van der Waals surface area contributed by atoms with Crippen molar-refractivity contribution in [3.05, 3.63) is 35.9 Å². The van der Waals surface area contributed by atoms with Crippen LogP contribution in [0.4, 0.5) is 0 Å². The minimum atomic E-state index is -0.576. The van der Waals surface area contributed by atoms with Gasteiger partial charge in [0.2, 0.25) is 0 Å². The van der Waals surface area contributed by atoms with Crippen molar-refractivity contribution in [3.8, 4) is 0 Å². The summed E-state index contributed by atoms with van der Waals surface area (Å²) in [5.41, 5.74) is 0.446. The van der Waals surface area contributed by atoms with Crippen LogP contribution < -0.4 is 0 Å². The van der Waals surface area contributed by atoms with Gasteiger partial charge < -0.3 is 9.84 Å². The Balaban J connectivity index is 0.000000671. The Morgan fingerprint density at radius 2 is 1.85 bits per heavy atom. The van der Waals surface area contributed by atoms with Crippen molar-refractivity contribution in [2.24, 2.45) is 0 Å². The third-order valence-electron chi connectivity index (χ3n) is 1.21. The van der Waals surface area contributed by atoms with Gasteiger partial charge in [-0.2, -0.15) is 0 Å². The second-order valence-electron chi connectivity index (χ2n) is 1.93. The fraction of sp³-hybridized carbons (Fsp3) is 0.300. The van der Waals surface area contributed by atoms with E-state index in [0.29, 0.717) is 5.56 Å². The van der Waals surface area contributed by atoms with Crippen molar-refractivity contribution in [3.63, 3.8) is 0 Å². The highest BCUT2D eigenvalue weighted by Gasteiger charge is 2.02. The van der Waals surface area contributed by atoms with Gasteiger partial charge in [-0.05, 0) is 12.1 Å². The maximum atomic E-state index is 10.9. The van der Waals surface area contributed by atoms with Crippen LogP contribution in [-0.2, 0) is 4.74 Å². The molecule has 0 fully saturated rings. The SMILES string of the molecule is CC.O=C(OCO)c1ccccc1.